The van der Waals surface area contributed by atoms with Crippen LogP contribution in [0.1, 0.15) is 0 Å². The molecule has 1 heterocycles. The van der Waals surface area contributed by atoms with E-state index >= 15 is 0 Å². The van der Waals surface area contributed by atoms with Crippen molar-refractivity contribution in [1.82, 2.24) is 8.75 Å². The summed E-state index contributed by atoms with van der Waals surface area (Å²) in [5.41, 5.74) is 0. The van der Waals surface area contributed by atoms with E-state index < -0.39 is 0 Å². The van der Waals surface area contributed by atoms with Gasteiger partial charge in [-0.2, -0.15) is 8.75 Å². The smallest absolute Gasteiger partial charge is 0.174 e. The summed E-state index contributed by atoms with van der Waals surface area (Å²) in [4.78, 5) is 0. The van der Waals surface area contributed by atoms with Crippen LogP contribution in [-0.4, -0.2) is 15.8 Å². The van der Waals surface area contributed by atoms with Crippen molar-refractivity contribution in [3.8, 4) is 0 Å². The Balaban J connectivity index is 2.92. The molecule has 1 aromatic heterocycles. The van der Waals surface area contributed by atoms with E-state index in [1.165, 1.54) is 11.7 Å². The average molecular weight is 194 g/mol. The van der Waals surface area contributed by atoms with Crippen molar-refractivity contribution in [3.63, 3.8) is 0 Å². The van der Waals surface area contributed by atoms with Gasteiger partial charge in [0, 0.05) is 7.05 Å². The van der Waals surface area contributed by atoms with Crippen LogP contribution in [0.5, 0.6) is 0 Å². The normalized spacial score (nSPS) is 9.25. The van der Waals surface area contributed by atoms with Crippen molar-refractivity contribution in [3.05, 3.63) is 4.60 Å². The molecule has 0 aliphatic carbocycles. The molecule has 3 nitrogen and oxygen atoms in total. The molecular formula is C3H4BrN3S. The fourth-order valence-electron chi connectivity index (χ4n) is 0.327. The second kappa shape index (κ2) is 2.41. The van der Waals surface area contributed by atoms with Crippen molar-refractivity contribution in [2.24, 2.45) is 0 Å². The Hall–Kier alpha value is -0.160. The molecule has 44 valence electrons. The van der Waals surface area contributed by atoms with Crippen LogP contribution in [0.25, 0.3) is 0 Å². The highest BCUT2D eigenvalue weighted by atomic mass is 79.9. The van der Waals surface area contributed by atoms with Crippen LogP contribution in [0.4, 0.5) is 5.82 Å². The number of hydrogen-bond donors (Lipinski definition) is 1. The zero-order chi connectivity index (χ0) is 5.98. The van der Waals surface area contributed by atoms with Gasteiger partial charge in [0.15, 0.2) is 10.4 Å². The number of nitrogens with zero attached hydrogens (tertiary/aromatic N) is 2. The lowest BCUT2D eigenvalue weighted by Crippen LogP contribution is -1.86. The highest BCUT2D eigenvalue weighted by Gasteiger charge is 1.98. The molecule has 0 unspecified atom stereocenters. The van der Waals surface area contributed by atoms with Gasteiger partial charge in [0.05, 0.1) is 11.7 Å². The van der Waals surface area contributed by atoms with Crippen molar-refractivity contribution in [2.45, 2.75) is 0 Å². The third-order valence-corrected chi connectivity index (χ3v) is 2.00. The third-order valence-electron chi connectivity index (χ3n) is 0.685. The summed E-state index contributed by atoms with van der Waals surface area (Å²) in [6, 6.07) is 0. The van der Waals surface area contributed by atoms with Gasteiger partial charge in [0.1, 0.15) is 0 Å². The molecule has 0 atom stereocenters. The van der Waals surface area contributed by atoms with Gasteiger partial charge in [-0.25, -0.2) is 0 Å². The molecule has 1 aromatic rings. The second-order valence-corrected chi connectivity index (χ2v) is 2.43. The highest BCUT2D eigenvalue weighted by Crippen LogP contribution is 2.16. The second-order valence-electron chi connectivity index (χ2n) is 1.15. The van der Waals surface area contributed by atoms with Crippen LogP contribution in [0.2, 0.25) is 0 Å². The van der Waals surface area contributed by atoms with E-state index in [-0.39, 0.29) is 0 Å². The van der Waals surface area contributed by atoms with E-state index in [2.05, 4.69) is 30.0 Å². The number of rotatable bonds is 1. The minimum Gasteiger partial charge on any atom is -0.370 e. The Morgan fingerprint density at radius 2 is 2.38 bits per heavy atom. The summed E-state index contributed by atoms with van der Waals surface area (Å²) in [5, 5.41) is 2.87. The summed E-state index contributed by atoms with van der Waals surface area (Å²) in [6.07, 6.45) is 0. The first-order valence-corrected chi connectivity index (χ1v) is 3.52. The molecular weight excluding hydrogens is 190 g/mol. The number of hydrogen-bond acceptors (Lipinski definition) is 4. The Morgan fingerprint density at radius 1 is 1.62 bits per heavy atom. The maximum absolute atomic E-state index is 3.91. The Bertz CT molecular complexity index is 175. The van der Waals surface area contributed by atoms with Gasteiger partial charge in [0.2, 0.25) is 0 Å². The molecule has 0 fully saturated rings. The maximum atomic E-state index is 3.91. The van der Waals surface area contributed by atoms with Gasteiger partial charge in [-0.3, -0.25) is 0 Å². The first-order valence-electron chi connectivity index (χ1n) is 2.00. The monoisotopic (exact) mass is 193 g/mol. The summed E-state index contributed by atoms with van der Waals surface area (Å²) in [7, 11) is 1.81. The summed E-state index contributed by atoms with van der Waals surface area (Å²) < 4.78 is 8.56. The topological polar surface area (TPSA) is 37.8 Å². The summed E-state index contributed by atoms with van der Waals surface area (Å²) in [6.45, 7) is 0. The molecule has 0 radical (unpaired) electrons. The number of nitrogens with one attached hydrogen (secondary N) is 1. The highest BCUT2D eigenvalue weighted by molar-refractivity contribution is 9.10. The van der Waals surface area contributed by atoms with Crippen molar-refractivity contribution >= 4 is 33.5 Å². The molecule has 0 aromatic carbocycles. The standard InChI is InChI=1S/C3H4BrN3S/c1-5-3-2(4)6-8-7-3/h1H3,(H,5,7). The van der Waals surface area contributed by atoms with Gasteiger partial charge < -0.3 is 5.32 Å². The van der Waals surface area contributed by atoms with Crippen LogP contribution in [0.15, 0.2) is 4.60 Å². The molecule has 0 amide bonds. The zero-order valence-electron chi connectivity index (χ0n) is 4.18. The van der Waals surface area contributed by atoms with E-state index in [0.717, 1.165) is 10.4 Å². The molecule has 0 saturated heterocycles. The van der Waals surface area contributed by atoms with E-state index in [4.69, 9.17) is 0 Å². The molecule has 1 N–H and O–H groups in total. The lowest BCUT2D eigenvalue weighted by atomic mass is 10.8. The summed E-state index contributed by atoms with van der Waals surface area (Å²) >= 11 is 4.38. The quantitative estimate of drug-likeness (QED) is 0.732. The lowest BCUT2D eigenvalue weighted by Gasteiger charge is -1.87. The fraction of sp³-hybridized carbons (Fsp3) is 0.333. The van der Waals surface area contributed by atoms with Crippen LogP contribution < -0.4 is 5.32 Å². The first kappa shape index (κ1) is 5.97. The van der Waals surface area contributed by atoms with E-state index in [9.17, 15) is 0 Å². The molecule has 8 heavy (non-hydrogen) atoms. The predicted octanol–water partition coefficient (Wildman–Crippen LogP) is 1.34. The molecule has 0 aliphatic heterocycles. The molecule has 0 saturated carbocycles. The van der Waals surface area contributed by atoms with Gasteiger partial charge in [-0.15, -0.1) is 0 Å². The van der Waals surface area contributed by atoms with Crippen molar-refractivity contribution in [1.29, 1.82) is 0 Å². The van der Waals surface area contributed by atoms with E-state index in [0.29, 0.717) is 0 Å². The molecule has 1 rings (SSSR count). The Labute approximate surface area is 59.6 Å². The van der Waals surface area contributed by atoms with Crippen LogP contribution in [0.3, 0.4) is 0 Å². The minimum atomic E-state index is 0.782. The SMILES string of the molecule is CNc1nsnc1Br. The molecule has 0 aliphatic rings. The first-order chi connectivity index (χ1) is 3.84. The molecule has 5 heteroatoms. The number of anilines is 1. The largest absolute Gasteiger partial charge is 0.370 e. The zero-order valence-corrected chi connectivity index (χ0v) is 6.58. The van der Waals surface area contributed by atoms with Gasteiger partial charge in [-0.05, 0) is 15.9 Å². The van der Waals surface area contributed by atoms with Crippen molar-refractivity contribution in [2.75, 3.05) is 12.4 Å². The number of aromatic nitrogens is 2. The Kier molecular flexibility index (Phi) is 1.80. The average Bonchev–Trinajstić information content (AvgIpc) is 2.14. The van der Waals surface area contributed by atoms with Crippen molar-refractivity contribution < 1.29 is 0 Å². The van der Waals surface area contributed by atoms with E-state index in [1.807, 2.05) is 7.05 Å². The van der Waals surface area contributed by atoms with E-state index in [1.54, 1.807) is 0 Å². The van der Waals surface area contributed by atoms with Crippen LogP contribution >= 0.6 is 27.7 Å². The molecule has 0 spiro atoms. The summed E-state index contributed by atoms with van der Waals surface area (Å²) in [5.74, 6) is 0.801. The van der Waals surface area contributed by atoms with Crippen LogP contribution in [-0.2, 0) is 0 Å². The predicted molar refractivity (Wildman–Crippen MR) is 37.2 cm³/mol. The Morgan fingerprint density at radius 3 is 2.62 bits per heavy atom. The van der Waals surface area contributed by atoms with Crippen LogP contribution in [0, 0.1) is 0 Å². The molecule has 0 bridgehead atoms. The third kappa shape index (κ3) is 0.976. The van der Waals surface area contributed by atoms with Gasteiger partial charge in [0.25, 0.3) is 0 Å². The maximum Gasteiger partial charge on any atom is 0.174 e. The van der Waals surface area contributed by atoms with Gasteiger partial charge >= 0.3 is 0 Å². The van der Waals surface area contributed by atoms with Gasteiger partial charge in [-0.1, -0.05) is 0 Å². The minimum absolute atomic E-state index is 0.782. The fourth-order valence-corrected chi connectivity index (χ4v) is 1.38. The number of halogens is 1. The lowest BCUT2D eigenvalue weighted by molar-refractivity contribution is 1.38.